The van der Waals surface area contributed by atoms with Gasteiger partial charge in [0, 0.05) is 49.3 Å². The molecule has 6 atom stereocenters. The normalized spacial score (nSPS) is 22.7. The van der Waals surface area contributed by atoms with Crippen molar-refractivity contribution in [1.82, 2.24) is 10.3 Å². The molecule has 1 fully saturated rings. The average molecular weight is 735 g/mol. The maximum Gasteiger partial charge on any atom is 0.216 e. The van der Waals surface area contributed by atoms with Gasteiger partial charge in [0.15, 0.2) is 5.60 Å². The summed E-state index contributed by atoms with van der Waals surface area (Å²) in [6, 6.07) is 38.1. The molecular formula is C45H54N2O7. The molecule has 0 aliphatic heterocycles. The highest BCUT2D eigenvalue weighted by atomic mass is 16.6. The van der Waals surface area contributed by atoms with Crippen LogP contribution in [0.5, 0.6) is 0 Å². The molecule has 3 N–H and O–H groups in total. The highest BCUT2D eigenvalue weighted by molar-refractivity contribution is 5.84. The van der Waals surface area contributed by atoms with E-state index in [0.717, 1.165) is 58.8 Å². The van der Waals surface area contributed by atoms with Crippen LogP contribution in [0.4, 0.5) is 0 Å². The fourth-order valence-electron chi connectivity index (χ4n) is 7.52. The number of amides is 1. The lowest BCUT2D eigenvalue weighted by molar-refractivity contribution is -0.321. The summed E-state index contributed by atoms with van der Waals surface area (Å²) < 4.78 is 34.5. The number of aliphatic hydroxyl groups is 1. The number of carbonyl (C=O) groups is 1. The molecule has 1 saturated carbocycles. The van der Waals surface area contributed by atoms with Crippen molar-refractivity contribution in [1.29, 1.82) is 0 Å². The zero-order valence-electron chi connectivity index (χ0n) is 31.4. The summed E-state index contributed by atoms with van der Waals surface area (Å²) in [5.74, 6) is -0.0192. The van der Waals surface area contributed by atoms with E-state index in [2.05, 4.69) is 10.3 Å². The van der Waals surface area contributed by atoms with Crippen LogP contribution in [0.1, 0.15) is 61.8 Å². The third-order valence-electron chi connectivity index (χ3n) is 10.1. The predicted molar refractivity (Wildman–Crippen MR) is 210 cm³/mol. The molecule has 0 radical (unpaired) electrons. The Kier molecular flexibility index (Phi) is 14.4. The number of nitrogens with one attached hydrogen (secondary N) is 2. The third-order valence-corrected chi connectivity index (χ3v) is 10.1. The van der Waals surface area contributed by atoms with Crippen LogP contribution < -0.4 is 5.32 Å². The molecule has 9 heteroatoms. The molecule has 1 heterocycles. The van der Waals surface area contributed by atoms with Crippen LogP contribution in [0.3, 0.4) is 0 Å². The molecule has 9 nitrogen and oxygen atoms in total. The number of rotatable bonds is 20. The number of unbranched alkanes of at least 4 members (excludes halogenated alkanes) is 3. The largest absolute Gasteiger partial charge is 0.387 e. The Morgan fingerprint density at radius 2 is 1.24 bits per heavy atom. The van der Waals surface area contributed by atoms with Crippen molar-refractivity contribution in [3.8, 4) is 0 Å². The Morgan fingerprint density at radius 1 is 0.685 bits per heavy atom. The van der Waals surface area contributed by atoms with Crippen molar-refractivity contribution >= 4 is 16.8 Å². The maximum atomic E-state index is 13.0. The molecule has 1 amide bonds. The Balaban J connectivity index is 1.41. The number of fused-ring (bicyclic) bond motifs is 1. The van der Waals surface area contributed by atoms with Gasteiger partial charge in [-0.3, -0.25) is 4.79 Å². The predicted octanol–water partition coefficient (Wildman–Crippen LogP) is 7.61. The summed E-state index contributed by atoms with van der Waals surface area (Å²) >= 11 is 0. The summed E-state index contributed by atoms with van der Waals surface area (Å²) in [7, 11) is 0. The summed E-state index contributed by atoms with van der Waals surface area (Å²) in [4.78, 5) is 14.7. The lowest BCUT2D eigenvalue weighted by Gasteiger charge is -2.55. The molecular weight excluding hydrogens is 681 g/mol. The fraction of sp³-hybridized carbons (Fsp3) is 0.400. The number of benzene rings is 4. The number of ether oxygens (including phenoxy) is 5. The zero-order valence-corrected chi connectivity index (χ0v) is 31.4. The van der Waals surface area contributed by atoms with Gasteiger partial charge in [-0.15, -0.1) is 0 Å². The average Bonchev–Trinajstić information content (AvgIpc) is 3.64. The van der Waals surface area contributed by atoms with Crippen LogP contribution in [0.25, 0.3) is 10.9 Å². The van der Waals surface area contributed by atoms with Gasteiger partial charge in [-0.05, 0) is 42.5 Å². The zero-order chi connectivity index (χ0) is 37.6. The number of para-hydroxylation sites is 1. The van der Waals surface area contributed by atoms with Gasteiger partial charge in [0.25, 0.3) is 0 Å². The number of hydrogen-bond donors (Lipinski definition) is 3. The molecule has 286 valence electrons. The highest BCUT2D eigenvalue weighted by Gasteiger charge is 2.64. The molecule has 54 heavy (non-hydrogen) atoms. The third kappa shape index (κ3) is 9.65. The van der Waals surface area contributed by atoms with E-state index in [0.29, 0.717) is 19.8 Å². The quantitative estimate of drug-likeness (QED) is 0.0707. The molecule has 0 bridgehead atoms. The van der Waals surface area contributed by atoms with Crippen molar-refractivity contribution < 1.29 is 33.6 Å². The van der Waals surface area contributed by atoms with Crippen LogP contribution in [0.15, 0.2) is 121 Å². The fourth-order valence-corrected chi connectivity index (χ4v) is 7.52. The van der Waals surface area contributed by atoms with Crippen LogP contribution in [-0.2, 0) is 53.9 Å². The Labute approximate surface area is 318 Å². The van der Waals surface area contributed by atoms with E-state index in [4.69, 9.17) is 23.7 Å². The monoisotopic (exact) mass is 734 g/mol. The van der Waals surface area contributed by atoms with E-state index in [9.17, 15) is 9.90 Å². The van der Waals surface area contributed by atoms with Gasteiger partial charge < -0.3 is 39.1 Å². The molecule has 0 saturated heterocycles. The lowest BCUT2D eigenvalue weighted by Crippen LogP contribution is -2.71. The van der Waals surface area contributed by atoms with E-state index < -0.39 is 36.1 Å². The summed E-state index contributed by atoms with van der Waals surface area (Å²) in [5.41, 5.74) is 3.25. The molecule has 1 aliphatic carbocycles. The summed E-state index contributed by atoms with van der Waals surface area (Å²) in [6.45, 7) is 5.64. The van der Waals surface area contributed by atoms with Crippen LogP contribution in [0.2, 0.25) is 0 Å². The van der Waals surface area contributed by atoms with E-state index in [1.807, 2.05) is 128 Å². The Hall–Kier alpha value is -4.35. The van der Waals surface area contributed by atoms with Crippen LogP contribution in [-0.4, -0.2) is 66.3 Å². The van der Waals surface area contributed by atoms with Crippen LogP contribution >= 0.6 is 0 Å². The van der Waals surface area contributed by atoms with Gasteiger partial charge in [-0.1, -0.05) is 122 Å². The first-order valence-corrected chi connectivity index (χ1v) is 19.2. The van der Waals surface area contributed by atoms with Gasteiger partial charge in [0.05, 0.1) is 19.8 Å². The number of aromatic amines is 1. The number of hydrogen-bond acceptors (Lipinski definition) is 7. The minimum Gasteiger partial charge on any atom is -0.387 e. The Bertz CT molecular complexity index is 1840. The first-order valence-electron chi connectivity index (χ1n) is 19.2. The molecule has 5 aromatic rings. The van der Waals surface area contributed by atoms with Crippen molar-refractivity contribution in [3.63, 3.8) is 0 Å². The highest BCUT2D eigenvalue weighted by Crippen LogP contribution is 2.48. The number of aromatic nitrogens is 1. The SMILES string of the molecule is CCOC1(c2c[nH]c3ccccc23)C(O)C(OCCCCCCNC(C)=O)C(OCc2ccccc2)C(OCc2ccccc2)C1OCc1ccccc1. The van der Waals surface area contributed by atoms with Crippen molar-refractivity contribution in [2.24, 2.45) is 0 Å². The second-order valence-corrected chi connectivity index (χ2v) is 13.9. The van der Waals surface area contributed by atoms with E-state index in [1.165, 1.54) is 6.92 Å². The first kappa shape index (κ1) is 39.3. The van der Waals surface area contributed by atoms with Gasteiger partial charge >= 0.3 is 0 Å². The van der Waals surface area contributed by atoms with Crippen LogP contribution in [0, 0.1) is 0 Å². The molecule has 1 aliphatic rings. The van der Waals surface area contributed by atoms with Gasteiger partial charge in [-0.2, -0.15) is 0 Å². The molecule has 1 aromatic heterocycles. The number of carbonyl (C=O) groups excluding carboxylic acids is 1. The minimum atomic E-state index is -1.42. The smallest absolute Gasteiger partial charge is 0.216 e. The number of H-pyrrole nitrogens is 1. The lowest BCUT2D eigenvalue weighted by atomic mass is 9.70. The summed E-state index contributed by atoms with van der Waals surface area (Å²) in [5, 5.41) is 16.8. The van der Waals surface area contributed by atoms with E-state index >= 15 is 0 Å². The van der Waals surface area contributed by atoms with E-state index in [1.54, 1.807) is 0 Å². The molecule has 0 spiro atoms. The molecule has 4 aromatic carbocycles. The van der Waals surface area contributed by atoms with Crippen molar-refractivity contribution in [2.45, 2.75) is 95.5 Å². The standard InChI is InChI=1S/C45H54N2O7/c1-3-54-45(38-29-47-39-26-16-15-25-37(38)39)43(49)41(50-28-18-5-4-17-27-46-33(2)48)40(51-30-34-19-9-6-10-20-34)42(52-31-35-21-11-7-12-22-35)44(45)53-32-36-23-13-8-14-24-36/h6-16,19-26,29,40-44,47,49H,3-5,17-18,27-28,30-32H2,1-2H3,(H,46,48). The second-order valence-electron chi connectivity index (χ2n) is 13.9. The summed E-state index contributed by atoms with van der Waals surface area (Å²) in [6.07, 6.45) is 1.09. The van der Waals surface area contributed by atoms with Gasteiger partial charge in [0.2, 0.25) is 5.91 Å². The molecule has 6 unspecified atom stereocenters. The Morgan fingerprint density at radius 3 is 1.85 bits per heavy atom. The minimum absolute atomic E-state index is 0.0192. The second kappa shape index (κ2) is 19.8. The van der Waals surface area contributed by atoms with Crippen molar-refractivity contribution in [3.05, 3.63) is 144 Å². The number of aliphatic hydroxyl groups excluding tert-OH is 1. The topological polar surface area (TPSA) is 111 Å². The molecule has 6 rings (SSSR count). The maximum absolute atomic E-state index is 13.0. The van der Waals surface area contributed by atoms with E-state index in [-0.39, 0.29) is 25.7 Å². The first-order chi connectivity index (χ1) is 26.5. The van der Waals surface area contributed by atoms with Crippen molar-refractivity contribution in [2.75, 3.05) is 19.8 Å². The van der Waals surface area contributed by atoms with Gasteiger partial charge in [-0.25, -0.2) is 0 Å². The van der Waals surface area contributed by atoms with Gasteiger partial charge in [0.1, 0.15) is 30.5 Å².